The Morgan fingerprint density at radius 1 is 0.731 bits per heavy atom. The molecule has 0 radical (unpaired) electrons. The van der Waals surface area contributed by atoms with Gasteiger partial charge in [-0.15, -0.1) is 0 Å². The molecule has 1 N–H and O–H groups in total. The Morgan fingerprint density at radius 3 is 1.62 bits per heavy atom. The maximum absolute atomic E-state index is 12.2. The number of hydrogen-bond acceptors (Lipinski definition) is 2. The summed E-state index contributed by atoms with van der Waals surface area (Å²) in [6.45, 7) is 2.24. The highest BCUT2D eigenvalue weighted by Crippen LogP contribution is 2.50. The van der Waals surface area contributed by atoms with Crippen LogP contribution in [0.3, 0.4) is 0 Å². The molecule has 1 saturated heterocycles. The predicted octanol–water partition coefficient (Wildman–Crippen LogP) is 4.41. The van der Waals surface area contributed by atoms with Gasteiger partial charge in [-0.1, -0.05) is 91.0 Å². The zero-order valence-corrected chi connectivity index (χ0v) is 15.3. The van der Waals surface area contributed by atoms with E-state index in [1.54, 1.807) is 0 Å². The maximum Gasteiger partial charge on any atom is 0.131 e. The maximum atomic E-state index is 12.2. The van der Waals surface area contributed by atoms with Crippen LogP contribution in [-0.4, -0.2) is 29.1 Å². The van der Waals surface area contributed by atoms with Gasteiger partial charge in [0.15, 0.2) is 0 Å². The monoisotopic (exact) mass is 343 g/mol. The van der Waals surface area contributed by atoms with Crippen LogP contribution in [-0.2, 0) is 5.60 Å². The van der Waals surface area contributed by atoms with Crippen LogP contribution in [0.15, 0.2) is 91.0 Å². The van der Waals surface area contributed by atoms with Gasteiger partial charge in [0.2, 0.25) is 0 Å². The highest BCUT2D eigenvalue weighted by molar-refractivity contribution is 5.43. The standard InChI is InChI=1S/C24H25NO/c1-18-22(19-12-6-3-7-13-19)23(25(18)2)24(26,20-14-8-4-9-15-20)21-16-10-5-11-17-21/h3-18,22-23,26H,1-2H3/t18-,22-,23?/m0/s1. The summed E-state index contributed by atoms with van der Waals surface area (Å²) < 4.78 is 0. The highest BCUT2D eigenvalue weighted by Gasteiger charge is 2.56. The number of nitrogens with zero attached hydrogens (tertiary/aromatic N) is 1. The van der Waals surface area contributed by atoms with Crippen LogP contribution in [0.5, 0.6) is 0 Å². The van der Waals surface area contributed by atoms with Crippen molar-refractivity contribution < 1.29 is 5.11 Å². The Labute approximate surface area is 155 Å². The van der Waals surface area contributed by atoms with E-state index in [0.717, 1.165) is 11.1 Å². The molecule has 1 heterocycles. The zero-order chi connectivity index (χ0) is 18.1. The Hall–Kier alpha value is -2.42. The first-order valence-electron chi connectivity index (χ1n) is 9.24. The van der Waals surface area contributed by atoms with Crippen molar-refractivity contribution in [2.75, 3.05) is 7.05 Å². The number of aliphatic hydroxyl groups is 1. The summed E-state index contributed by atoms with van der Waals surface area (Å²) in [7, 11) is 2.12. The Balaban J connectivity index is 1.86. The lowest BCUT2D eigenvalue weighted by Crippen LogP contribution is -2.67. The molecule has 1 aliphatic heterocycles. The minimum atomic E-state index is -1.07. The van der Waals surface area contributed by atoms with Gasteiger partial charge in [0.05, 0.1) is 6.04 Å². The molecule has 4 rings (SSSR count). The van der Waals surface area contributed by atoms with Crippen LogP contribution in [0.4, 0.5) is 0 Å². The van der Waals surface area contributed by atoms with E-state index in [9.17, 15) is 5.11 Å². The zero-order valence-electron chi connectivity index (χ0n) is 15.3. The van der Waals surface area contributed by atoms with Gasteiger partial charge in [-0.3, -0.25) is 4.90 Å². The second kappa shape index (κ2) is 6.71. The number of rotatable bonds is 4. The van der Waals surface area contributed by atoms with Crippen molar-refractivity contribution in [3.8, 4) is 0 Å². The third-order valence-corrected chi connectivity index (χ3v) is 5.98. The summed E-state index contributed by atoms with van der Waals surface area (Å²) >= 11 is 0. The molecule has 1 aliphatic rings. The minimum Gasteiger partial charge on any atom is -0.379 e. The Morgan fingerprint density at radius 2 is 1.15 bits per heavy atom. The molecule has 0 aromatic heterocycles. The van der Waals surface area contributed by atoms with Crippen LogP contribution < -0.4 is 0 Å². The molecule has 2 nitrogen and oxygen atoms in total. The number of likely N-dealkylation sites (N-methyl/N-ethyl adjacent to an activating group) is 1. The average Bonchev–Trinajstić information content (AvgIpc) is 2.72. The summed E-state index contributed by atoms with van der Waals surface area (Å²) in [5, 5.41) is 12.2. The van der Waals surface area contributed by atoms with E-state index >= 15 is 0 Å². The SMILES string of the molecule is C[C@H]1[C@@H](c2ccccc2)C(C(O)(c2ccccc2)c2ccccc2)N1C. The van der Waals surface area contributed by atoms with E-state index in [1.165, 1.54) is 5.56 Å². The molecule has 3 aromatic rings. The predicted molar refractivity (Wildman–Crippen MR) is 106 cm³/mol. The minimum absolute atomic E-state index is 0.0234. The lowest BCUT2D eigenvalue weighted by Gasteiger charge is -2.59. The van der Waals surface area contributed by atoms with Crippen LogP contribution >= 0.6 is 0 Å². The molecular formula is C24H25NO. The van der Waals surface area contributed by atoms with E-state index in [0.29, 0.717) is 6.04 Å². The van der Waals surface area contributed by atoms with Crippen molar-refractivity contribution in [2.45, 2.75) is 30.5 Å². The van der Waals surface area contributed by atoms with E-state index in [2.05, 4.69) is 43.1 Å². The molecule has 1 fully saturated rings. The molecule has 0 bridgehead atoms. The smallest absolute Gasteiger partial charge is 0.131 e. The van der Waals surface area contributed by atoms with Gasteiger partial charge in [-0.2, -0.15) is 0 Å². The third-order valence-electron chi connectivity index (χ3n) is 5.98. The first-order valence-corrected chi connectivity index (χ1v) is 9.24. The number of hydrogen-bond donors (Lipinski definition) is 1. The molecule has 26 heavy (non-hydrogen) atoms. The average molecular weight is 343 g/mol. The summed E-state index contributed by atoms with van der Waals surface area (Å²) in [4.78, 5) is 2.30. The third kappa shape index (κ3) is 2.57. The molecule has 3 atom stereocenters. The van der Waals surface area contributed by atoms with Gasteiger partial charge >= 0.3 is 0 Å². The lowest BCUT2D eigenvalue weighted by atomic mass is 9.64. The first kappa shape index (κ1) is 17.0. The second-order valence-electron chi connectivity index (χ2n) is 7.29. The van der Waals surface area contributed by atoms with Crippen LogP contribution in [0.1, 0.15) is 29.5 Å². The Bertz CT molecular complexity index is 808. The largest absolute Gasteiger partial charge is 0.379 e. The summed E-state index contributed by atoms with van der Waals surface area (Å²) in [6, 6.07) is 31.1. The summed E-state index contributed by atoms with van der Waals surface area (Å²) in [5.74, 6) is 0.270. The molecule has 0 spiro atoms. The summed E-state index contributed by atoms with van der Waals surface area (Å²) in [5.41, 5.74) is 2.10. The van der Waals surface area contributed by atoms with E-state index in [1.807, 2.05) is 66.7 Å². The summed E-state index contributed by atoms with van der Waals surface area (Å²) in [6.07, 6.45) is 0. The van der Waals surface area contributed by atoms with Crippen molar-refractivity contribution in [1.29, 1.82) is 0 Å². The van der Waals surface area contributed by atoms with E-state index in [4.69, 9.17) is 0 Å². The fourth-order valence-corrected chi connectivity index (χ4v) is 4.51. The van der Waals surface area contributed by atoms with Crippen LogP contribution in [0, 0.1) is 0 Å². The lowest BCUT2D eigenvalue weighted by molar-refractivity contribution is -0.106. The van der Waals surface area contributed by atoms with Crippen molar-refractivity contribution in [3.05, 3.63) is 108 Å². The van der Waals surface area contributed by atoms with Crippen molar-refractivity contribution in [1.82, 2.24) is 4.90 Å². The molecule has 3 aromatic carbocycles. The second-order valence-corrected chi connectivity index (χ2v) is 7.29. The molecule has 0 saturated carbocycles. The van der Waals surface area contributed by atoms with Crippen LogP contribution in [0.2, 0.25) is 0 Å². The van der Waals surface area contributed by atoms with E-state index < -0.39 is 5.60 Å². The molecule has 1 unspecified atom stereocenters. The fourth-order valence-electron chi connectivity index (χ4n) is 4.51. The highest BCUT2D eigenvalue weighted by atomic mass is 16.3. The molecule has 0 aliphatic carbocycles. The van der Waals surface area contributed by atoms with Gasteiger partial charge in [0.1, 0.15) is 5.60 Å². The molecule has 0 amide bonds. The number of likely N-dealkylation sites (tertiary alicyclic amines) is 1. The molecule has 2 heteroatoms. The van der Waals surface area contributed by atoms with Crippen LogP contribution in [0.25, 0.3) is 0 Å². The topological polar surface area (TPSA) is 23.5 Å². The van der Waals surface area contributed by atoms with Gasteiger partial charge in [0.25, 0.3) is 0 Å². The number of benzene rings is 3. The Kier molecular flexibility index (Phi) is 4.39. The first-order chi connectivity index (χ1) is 12.6. The normalized spacial score (nSPS) is 23.4. The molecular weight excluding hydrogens is 318 g/mol. The van der Waals surface area contributed by atoms with Gasteiger partial charge in [-0.05, 0) is 30.7 Å². The van der Waals surface area contributed by atoms with Gasteiger partial charge < -0.3 is 5.11 Å². The van der Waals surface area contributed by atoms with Crippen molar-refractivity contribution in [2.24, 2.45) is 0 Å². The molecule has 132 valence electrons. The van der Waals surface area contributed by atoms with Gasteiger partial charge in [-0.25, -0.2) is 0 Å². The van der Waals surface area contributed by atoms with E-state index in [-0.39, 0.29) is 12.0 Å². The van der Waals surface area contributed by atoms with Crippen molar-refractivity contribution >= 4 is 0 Å². The van der Waals surface area contributed by atoms with Gasteiger partial charge in [0, 0.05) is 12.0 Å². The quantitative estimate of drug-likeness (QED) is 0.758. The van der Waals surface area contributed by atoms with Crippen molar-refractivity contribution in [3.63, 3.8) is 0 Å². The fraction of sp³-hybridized carbons (Fsp3) is 0.250.